The van der Waals surface area contributed by atoms with E-state index in [1.807, 2.05) is 30.3 Å². The maximum absolute atomic E-state index is 12.1. The van der Waals surface area contributed by atoms with Gasteiger partial charge in [0.05, 0.1) is 16.2 Å². The van der Waals surface area contributed by atoms with Crippen molar-refractivity contribution in [2.75, 3.05) is 0 Å². The predicted molar refractivity (Wildman–Crippen MR) is 106 cm³/mol. The lowest BCUT2D eigenvalue weighted by Gasteiger charge is -2.01. The number of hydrogen-bond donors (Lipinski definition) is 2. The molecule has 2 amide bonds. The number of primary amides is 1. The van der Waals surface area contributed by atoms with Crippen molar-refractivity contribution in [3.8, 4) is 0 Å². The number of halogens is 1. The molecule has 0 spiro atoms. The summed E-state index contributed by atoms with van der Waals surface area (Å²) < 4.78 is 0. The van der Waals surface area contributed by atoms with Crippen LogP contribution in [0.2, 0.25) is 0 Å². The van der Waals surface area contributed by atoms with Crippen LogP contribution in [0.3, 0.4) is 0 Å². The van der Waals surface area contributed by atoms with Crippen LogP contribution >= 0.6 is 23.4 Å². The Kier molecular flexibility index (Phi) is 5.55. The number of nitrogens with two attached hydrogens (primary N) is 1. The monoisotopic (exact) mass is 383 g/mol. The zero-order chi connectivity index (χ0) is 18.5. The topological polar surface area (TPSA) is 84.6 Å². The fourth-order valence-corrected chi connectivity index (χ4v) is 3.37. The van der Waals surface area contributed by atoms with Crippen molar-refractivity contribution in [2.24, 2.45) is 10.7 Å². The lowest BCUT2D eigenvalue weighted by Crippen LogP contribution is -2.19. The minimum Gasteiger partial charge on any atom is -0.366 e. The molecule has 0 saturated carbocycles. The molecule has 1 aliphatic rings. The first-order valence-electron chi connectivity index (χ1n) is 7.63. The minimum absolute atomic E-state index is 0.286. The summed E-state index contributed by atoms with van der Waals surface area (Å²) >= 11 is 7.37. The Balaban J connectivity index is 1.83. The molecule has 3 rings (SSSR count). The van der Waals surface area contributed by atoms with E-state index in [0.717, 1.165) is 17.3 Å². The van der Waals surface area contributed by atoms with Gasteiger partial charge in [-0.1, -0.05) is 54.1 Å². The van der Waals surface area contributed by atoms with Crippen LogP contribution in [0.4, 0.5) is 5.69 Å². The number of carbonyl (C=O) groups excluding carboxylic acids is 2. The highest BCUT2D eigenvalue weighted by Gasteiger charge is 2.24. The SMILES string of the molecule is NC(=O)c1ccccc1N=C1NC(=O)/C(=C/C(Cl)=C/c2ccccc2)S1. The maximum atomic E-state index is 12.1. The number of rotatable bonds is 4. The molecule has 2 aromatic rings. The number of thioether (sulfide) groups is 1. The average molecular weight is 384 g/mol. The number of allylic oxidation sites excluding steroid dienone is 2. The molecular formula is C19H14ClN3O2S. The van der Waals surface area contributed by atoms with Gasteiger partial charge in [0, 0.05) is 5.03 Å². The van der Waals surface area contributed by atoms with E-state index in [0.29, 0.717) is 20.8 Å². The number of amides is 2. The van der Waals surface area contributed by atoms with Crippen LogP contribution in [-0.2, 0) is 4.79 Å². The molecule has 26 heavy (non-hydrogen) atoms. The second kappa shape index (κ2) is 8.03. The van der Waals surface area contributed by atoms with E-state index in [-0.39, 0.29) is 11.5 Å². The van der Waals surface area contributed by atoms with Crippen molar-refractivity contribution in [3.05, 3.63) is 81.7 Å². The van der Waals surface area contributed by atoms with Crippen LogP contribution in [0.15, 0.2) is 75.6 Å². The third kappa shape index (κ3) is 4.41. The molecule has 5 nitrogen and oxygen atoms in total. The summed E-state index contributed by atoms with van der Waals surface area (Å²) in [5.41, 5.74) is 6.96. The first kappa shape index (κ1) is 18.0. The summed E-state index contributed by atoms with van der Waals surface area (Å²) in [5, 5.41) is 3.44. The van der Waals surface area contributed by atoms with E-state index in [1.54, 1.807) is 36.4 Å². The maximum Gasteiger partial charge on any atom is 0.264 e. The second-order valence-electron chi connectivity index (χ2n) is 5.30. The molecular weight excluding hydrogens is 370 g/mol. The van der Waals surface area contributed by atoms with Gasteiger partial charge in [-0.3, -0.25) is 9.59 Å². The summed E-state index contributed by atoms with van der Waals surface area (Å²) in [6.45, 7) is 0. The smallest absolute Gasteiger partial charge is 0.264 e. The zero-order valence-corrected chi connectivity index (χ0v) is 15.1. The van der Waals surface area contributed by atoms with Crippen molar-refractivity contribution in [2.45, 2.75) is 0 Å². The third-order valence-electron chi connectivity index (χ3n) is 3.42. The van der Waals surface area contributed by atoms with E-state index in [4.69, 9.17) is 17.3 Å². The molecule has 130 valence electrons. The number of nitrogens with one attached hydrogen (secondary N) is 1. The Morgan fingerprint density at radius 3 is 2.54 bits per heavy atom. The van der Waals surface area contributed by atoms with Gasteiger partial charge in [0.2, 0.25) is 0 Å². The molecule has 0 aromatic heterocycles. The Bertz CT molecular complexity index is 952. The molecule has 0 unspecified atom stereocenters. The average Bonchev–Trinajstić information content (AvgIpc) is 2.95. The van der Waals surface area contributed by atoms with Gasteiger partial charge in [-0.25, -0.2) is 4.99 Å². The molecule has 1 fully saturated rings. The Morgan fingerprint density at radius 2 is 1.81 bits per heavy atom. The number of amidine groups is 1. The fourth-order valence-electron chi connectivity index (χ4n) is 2.24. The van der Waals surface area contributed by atoms with Gasteiger partial charge in [0.1, 0.15) is 0 Å². The van der Waals surface area contributed by atoms with Gasteiger partial charge in [-0.05, 0) is 41.6 Å². The predicted octanol–water partition coefficient (Wildman–Crippen LogP) is 3.80. The van der Waals surface area contributed by atoms with Gasteiger partial charge in [0.25, 0.3) is 11.8 Å². The number of benzene rings is 2. The highest BCUT2D eigenvalue weighted by molar-refractivity contribution is 8.18. The molecule has 0 radical (unpaired) electrons. The third-order valence-corrected chi connectivity index (χ3v) is 4.54. The van der Waals surface area contributed by atoms with Crippen LogP contribution in [0.1, 0.15) is 15.9 Å². The van der Waals surface area contributed by atoms with Crippen molar-refractivity contribution in [1.29, 1.82) is 0 Å². The van der Waals surface area contributed by atoms with E-state index in [9.17, 15) is 9.59 Å². The second-order valence-corrected chi connectivity index (χ2v) is 6.77. The molecule has 0 bridgehead atoms. The highest BCUT2D eigenvalue weighted by atomic mass is 35.5. The molecule has 2 aromatic carbocycles. The Morgan fingerprint density at radius 1 is 1.12 bits per heavy atom. The van der Waals surface area contributed by atoms with Crippen molar-refractivity contribution < 1.29 is 9.59 Å². The molecule has 1 saturated heterocycles. The van der Waals surface area contributed by atoms with Gasteiger partial charge >= 0.3 is 0 Å². The van der Waals surface area contributed by atoms with Crippen molar-refractivity contribution >= 4 is 52.1 Å². The molecule has 7 heteroatoms. The molecule has 3 N–H and O–H groups in total. The van der Waals surface area contributed by atoms with Crippen LogP contribution in [0.5, 0.6) is 0 Å². The van der Waals surface area contributed by atoms with Crippen LogP contribution in [0.25, 0.3) is 6.08 Å². The largest absolute Gasteiger partial charge is 0.366 e. The molecule has 1 aliphatic heterocycles. The van der Waals surface area contributed by atoms with E-state index < -0.39 is 5.91 Å². The summed E-state index contributed by atoms with van der Waals surface area (Å²) in [7, 11) is 0. The summed E-state index contributed by atoms with van der Waals surface area (Å²) in [4.78, 5) is 28.3. The molecule has 0 atom stereocenters. The van der Waals surface area contributed by atoms with Gasteiger partial charge < -0.3 is 11.1 Å². The van der Waals surface area contributed by atoms with Gasteiger partial charge in [0.15, 0.2) is 5.17 Å². The lowest BCUT2D eigenvalue weighted by molar-refractivity contribution is -0.115. The normalized spacial score (nSPS) is 17.6. The minimum atomic E-state index is -0.580. The highest BCUT2D eigenvalue weighted by Crippen LogP contribution is 2.29. The number of carbonyl (C=O) groups is 2. The van der Waals surface area contributed by atoms with Crippen molar-refractivity contribution in [3.63, 3.8) is 0 Å². The Labute approximate surface area is 159 Å². The summed E-state index contributed by atoms with van der Waals surface area (Å²) in [6.07, 6.45) is 3.34. The molecule has 0 aliphatic carbocycles. The van der Waals surface area contributed by atoms with Crippen LogP contribution in [0, 0.1) is 0 Å². The summed E-state index contributed by atoms with van der Waals surface area (Å²) in [6, 6.07) is 16.2. The quantitative estimate of drug-likeness (QED) is 0.787. The number of aliphatic imine (C=N–C) groups is 1. The van der Waals surface area contributed by atoms with E-state index in [2.05, 4.69) is 10.3 Å². The van der Waals surface area contributed by atoms with Crippen LogP contribution in [-0.4, -0.2) is 17.0 Å². The summed E-state index contributed by atoms with van der Waals surface area (Å²) in [5.74, 6) is -0.881. The van der Waals surface area contributed by atoms with Gasteiger partial charge in [-0.15, -0.1) is 0 Å². The first-order valence-corrected chi connectivity index (χ1v) is 8.83. The fraction of sp³-hybridized carbons (Fsp3) is 0. The number of hydrogen-bond acceptors (Lipinski definition) is 4. The van der Waals surface area contributed by atoms with E-state index in [1.165, 1.54) is 0 Å². The number of nitrogens with zero attached hydrogens (tertiary/aromatic N) is 1. The number of para-hydroxylation sites is 1. The first-order chi connectivity index (χ1) is 12.5. The van der Waals surface area contributed by atoms with Crippen LogP contribution < -0.4 is 11.1 Å². The van der Waals surface area contributed by atoms with Gasteiger partial charge in [-0.2, -0.15) is 0 Å². The lowest BCUT2D eigenvalue weighted by atomic mass is 10.2. The molecule has 1 heterocycles. The Hall–Kier alpha value is -2.83. The standard InChI is InChI=1S/C19H14ClN3O2S/c20-13(10-12-6-2-1-3-7-12)11-16-18(25)23-19(26-16)22-15-9-5-4-8-14(15)17(21)24/h1-11H,(H2,21,24)(H,22,23,25)/b13-10-,16-11-. The zero-order valence-electron chi connectivity index (χ0n) is 13.5. The van der Waals surface area contributed by atoms with Crippen molar-refractivity contribution in [1.82, 2.24) is 5.32 Å². The van der Waals surface area contributed by atoms with E-state index >= 15 is 0 Å².